The smallest absolute Gasteiger partial charge is 0.306 e. The van der Waals surface area contributed by atoms with Crippen LogP contribution < -0.4 is 0 Å². The Bertz CT molecular complexity index is 789. The molecular formula is C25H36O6. The van der Waals surface area contributed by atoms with Crippen molar-refractivity contribution >= 4 is 23.5 Å². The summed E-state index contributed by atoms with van der Waals surface area (Å²) in [5.41, 5.74) is -0.246. The first-order chi connectivity index (χ1) is 14.6. The third-order valence-electron chi connectivity index (χ3n) is 9.63. The van der Waals surface area contributed by atoms with Crippen LogP contribution in [0, 0.1) is 40.4 Å². The van der Waals surface area contributed by atoms with E-state index in [-0.39, 0.29) is 47.4 Å². The summed E-state index contributed by atoms with van der Waals surface area (Å²) in [6.07, 6.45) is 6.45. The Morgan fingerprint density at radius 1 is 1.03 bits per heavy atom. The molecule has 8 atom stereocenters. The highest BCUT2D eigenvalue weighted by molar-refractivity contribution is 5.87. The molecule has 4 fully saturated rings. The van der Waals surface area contributed by atoms with E-state index in [2.05, 4.69) is 13.8 Å². The van der Waals surface area contributed by atoms with E-state index in [1.54, 1.807) is 6.92 Å². The highest BCUT2D eigenvalue weighted by Gasteiger charge is 2.63. The number of fused-ring (bicyclic) bond motifs is 5. The van der Waals surface area contributed by atoms with Crippen LogP contribution in [0.15, 0.2) is 0 Å². The second kappa shape index (κ2) is 8.00. The number of esters is 1. The van der Waals surface area contributed by atoms with Gasteiger partial charge in [-0.25, -0.2) is 0 Å². The van der Waals surface area contributed by atoms with Gasteiger partial charge in [0.05, 0.1) is 12.8 Å². The molecule has 1 N–H and O–H groups in total. The van der Waals surface area contributed by atoms with Gasteiger partial charge in [0.25, 0.3) is 0 Å². The Labute approximate surface area is 184 Å². The van der Waals surface area contributed by atoms with Gasteiger partial charge in [-0.05, 0) is 80.5 Å². The molecule has 8 unspecified atom stereocenters. The van der Waals surface area contributed by atoms with Crippen molar-refractivity contribution in [3.8, 4) is 0 Å². The zero-order valence-corrected chi connectivity index (χ0v) is 19.0. The quantitative estimate of drug-likeness (QED) is 0.654. The van der Waals surface area contributed by atoms with E-state index >= 15 is 0 Å². The number of carboxylic acid groups (broad SMARTS) is 1. The molecule has 0 aromatic rings. The van der Waals surface area contributed by atoms with Gasteiger partial charge in [-0.2, -0.15) is 0 Å². The minimum absolute atomic E-state index is 0.0221. The molecule has 172 valence electrons. The third kappa shape index (κ3) is 3.74. The van der Waals surface area contributed by atoms with Crippen LogP contribution in [0.3, 0.4) is 0 Å². The number of hydrogen-bond acceptors (Lipinski definition) is 5. The summed E-state index contributed by atoms with van der Waals surface area (Å²) in [4.78, 5) is 48.6. The van der Waals surface area contributed by atoms with E-state index in [1.165, 1.54) is 0 Å². The number of aliphatic carboxylic acids is 1. The minimum atomic E-state index is -0.992. The maximum atomic E-state index is 13.6. The van der Waals surface area contributed by atoms with E-state index in [4.69, 9.17) is 9.84 Å². The lowest BCUT2D eigenvalue weighted by Gasteiger charge is -2.59. The van der Waals surface area contributed by atoms with Gasteiger partial charge >= 0.3 is 11.9 Å². The van der Waals surface area contributed by atoms with Gasteiger partial charge in [0.15, 0.2) is 0 Å². The van der Waals surface area contributed by atoms with E-state index in [0.717, 1.165) is 44.9 Å². The highest BCUT2D eigenvalue weighted by Crippen LogP contribution is 2.66. The normalized spacial score (nSPS) is 44.0. The van der Waals surface area contributed by atoms with Crippen LogP contribution in [-0.2, 0) is 23.9 Å². The molecule has 0 aliphatic heterocycles. The Balaban J connectivity index is 1.47. The van der Waals surface area contributed by atoms with Crippen LogP contribution in [-0.4, -0.2) is 34.7 Å². The Kier molecular flexibility index (Phi) is 5.80. The molecular weight excluding hydrogens is 396 g/mol. The number of ketones is 2. The molecule has 4 saturated carbocycles. The van der Waals surface area contributed by atoms with Crippen LogP contribution in [0.4, 0.5) is 0 Å². The molecule has 0 radical (unpaired) electrons. The number of carbonyl (C=O) groups excluding carboxylic acids is 3. The van der Waals surface area contributed by atoms with Crippen LogP contribution in [0.1, 0.15) is 85.0 Å². The fraction of sp³-hybridized carbons (Fsp3) is 0.840. The molecule has 0 amide bonds. The second-order valence-corrected chi connectivity index (χ2v) is 11.2. The summed E-state index contributed by atoms with van der Waals surface area (Å²) in [5, 5.41) is 8.76. The topological polar surface area (TPSA) is 97.7 Å². The molecule has 31 heavy (non-hydrogen) atoms. The van der Waals surface area contributed by atoms with Gasteiger partial charge in [0.2, 0.25) is 0 Å². The van der Waals surface area contributed by atoms with Gasteiger partial charge in [0.1, 0.15) is 17.7 Å². The lowest BCUT2D eigenvalue weighted by Crippen LogP contribution is -2.58. The zero-order valence-electron chi connectivity index (χ0n) is 19.0. The summed E-state index contributed by atoms with van der Waals surface area (Å²) in [6, 6.07) is 0. The number of hydrogen-bond donors (Lipinski definition) is 1. The molecule has 0 aromatic heterocycles. The fourth-order valence-electron chi connectivity index (χ4n) is 8.26. The summed E-state index contributed by atoms with van der Waals surface area (Å²) < 4.78 is 5.60. The lowest BCUT2D eigenvalue weighted by molar-refractivity contribution is -0.170. The van der Waals surface area contributed by atoms with Crippen LogP contribution in [0.25, 0.3) is 0 Å². The number of rotatable bonds is 5. The Morgan fingerprint density at radius 2 is 1.77 bits per heavy atom. The van der Waals surface area contributed by atoms with Crippen molar-refractivity contribution < 1.29 is 29.0 Å². The molecule has 0 spiro atoms. The second-order valence-electron chi connectivity index (χ2n) is 11.2. The first-order valence-electron chi connectivity index (χ1n) is 12.0. The fourth-order valence-corrected chi connectivity index (χ4v) is 8.26. The molecule has 0 bridgehead atoms. The van der Waals surface area contributed by atoms with Crippen LogP contribution in [0.2, 0.25) is 0 Å². The molecule has 4 rings (SSSR count). The van der Waals surface area contributed by atoms with Gasteiger partial charge in [-0.3, -0.25) is 19.2 Å². The predicted octanol–water partition coefficient (Wildman–Crippen LogP) is 4.19. The van der Waals surface area contributed by atoms with Crippen molar-refractivity contribution in [3.05, 3.63) is 0 Å². The number of ether oxygens (including phenoxy) is 1. The standard InChI is InChI=1S/C25H36O6/c1-14(26)18-6-7-19-17-5-4-15-12-16(31-22(30)9-8-21(28)29)10-11-24(15,2)23(17)20(27)13-25(18,19)3/h15-19,23H,4-13H2,1-3H3,(H,28,29). The maximum Gasteiger partial charge on any atom is 0.306 e. The zero-order chi connectivity index (χ0) is 22.6. The number of carbonyl (C=O) groups is 4. The molecule has 4 aliphatic rings. The SMILES string of the molecule is CC(=O)C1CCC2C3CCC4CC(OC(=O)CCC(=O)O)CCC4(C)C3C(=O)CC12C. The summed E-state index contributed by atoms with van der Waals surface area (Å²) in [5.74, 6) is 0.400. The summed E-state index contributed by atoms with van der Waals surface area (Å²) in [7, 11) is 0. The molecule has 6 nitrogen and oxygen atoms in total. The van der Waals surface area contributed by atoms with E-state index in [1.807, 2.05) is 0 Å². The van der Waals surface area contributed by atoms with Crippen molar-refractivity contribution in [2.45, 2.75) is 91.1 Å². The van der Waals surface area contributed by atoms with Crippen molar-refractivity contribution in [2.75, 3.05) is 0 Å². The summed E-state index contributed by atoms with van der Waals surface area (Å²) in [6.45, 7) is 6.15. The Hall–Kier alpha value is -1.72. The largest absolute Gasteiger partial charge is 0.481 e. The lowest BCUT2D eigenvalue weighted by atomic mass is 9.44. The first-order valence-corrected chi connectivity index (χ1v) is 12.0. The average molecular weight is 433 g/mol. The van der Waals surface area contributed by atoms with Crippen LogP contribution >= 0.6 is 0 Å². The molecule has 0 aromatic carbocycles. The van der Waals surface area contributed by atoms with Gasteiger partial charge in [0, 0.05) is 18.3 Å². The predicted molar refractivity (Wildman–Crippen MR) is 113 cm³/mol. The third-order valence-corrected chi connectivity index (χ3v) is 9.63. The van der Waals surface area contributed by atoms with Crippen molar-refractivity contribution in [1.29, 1.82) is 0 Å². The van der Waals surface area contributed by atoms with Gasteiger partial charge in [-0.1, -0.05) is 13.8 Å². The monoisotopic (exact) mass is 432 g/mol. The highest BCUT2D eigenvalue weighted by atomic mass is 16.5. The Morgan fingerprint density at radius 3 is 2.45 bits per heavy atom. The van der Waals surface area contributed by atoms with Crippen molar-refractivity contribution in [1.82, 2.24) is 0 Å². The van der Waals surface area contributed by atoms with Crippen molar-refractivity contribution in [3.63, 3.8) is 0 Å². The molecule has 0 saturated heterocycles. The maximum absolute atomic E-state index is 13.6. The van der Waals surface area contributed by atoms with E-state index in [0.29, 0.717) is 30.0 Å². The van der Waals surface area contributed by atoms with E-state index < -0.39 is 11.9 Å². The average Bonchev–Trinajstić information content (AvgIpc) is 3.03. The van der Waals surface area contributed by atoms with E-state index in [9.17, 15) is 19.2 Å². The first kappa shape index (κ1) is 22.5. The van der Waals surface area contributed by atoms with Gasteiger partial charge in [-0.15, -0.1) is 0 Å². The molecule has 6 heteroatoms. The molecule has 0 heterocycles. The van der Waals surface area contributed by atoms with Crippen molar-refractivity contribution in [2.24, 2.45) is 40.4 Å². The molecule has 4 aliphatic carbocycles. The van der Waals surface area contributed by atoms with Crippen LogP contribution in [0.5, 0.6) is 0 Å². The number of Topliss-reactive ketones (excluding diaryl/α,β-unsaturated/α-hetero) is 2. The summed E-state index contributed by atoms with van der Waals surface area (Å²) >= 11 is 0. The van der Waals surface area contributed by atoms with Gasteiger partial charge < -0.3 is 9.84 Å². The number of carboxylic acids is 1. The minimum Gasteiger partial charge on any atom is -0.481 e.